The maximum absolute atomic E-state index is 13.2. The number of carbonyl (C=O) groups is 1. The van der Waals surface area contributed by atoms with Crippen molar-refractivity contribution >= 4 is 5.97 Å². The van der Waals surface area contributed by atoms with E-state index in [0.29, 0.717) is 5.56 Å². The lowest BCUT2D eigenvalue weighted by molar-refractivity contribution is 0.0692. The third-order valence-electron chi connectivity index (χ3n) is 2.45. The van der Waals surface area contributed by atoms with Gasteiger partial charge in [-0.3, -0.25) is 0 Å². The van der Waals surface area contributed by atoms with Gasteiger partial charge in [0.25, 0.3) is 0 Å². The molecule has 2 aromatic rings. The normalized spacial score (nSPS) is 10.4. The Morgan fingerprint density at radius 3 is 1.94 bits per heavy atom. The van der Waals surface area contributed by atoms with Crippen molar-refractivity contribution in [3.05, 3.63) is 59.4 Å². The summed E-state index contributed by atoms with van der Waals surface area (Å²) in [6.45, 7) is 0. The molecule has 0 saturated carbocycles. The molecular formula is C13H7F3O2. The van der Waals surface area contributed by atoms with Crippen LogP contribution in [0.1, 0.15) is 10.4 Å². The van der Waals surface area contributed by atoms with E-state index in [1.54, 1.807) is 0 Å². The molecule has 2 aromatic carbocycles. The maximum Gasteiger partial charge on any atom is 0.338 e. The van der Waals surface area contributed by atoms with Crippen molar-refractivity contribution in [3.63, 3.8) is 0 Å². The molecule has 0 unspecified atom stereocenters. The van der Waals surface area contributed by atoms with Crippen LogP contribution in [-0.2, 0) is 0 Å². The molecule has 0 heterocycles. The van der Waals surface area contributed by atoms with Gasteiger partial charge in [-0.2, -0.15) is 0 Å². The van der Waals surface area contributed by atoms with E-state index in [1.165, 1.54) is 12.1 Å². The first-order valence-corrected chi connectivity index (χ1v) is 4.97. The third kappa shape index (κ3) is 2.20. The van der Waals surface area contributed by atoms with E-state index in [1.807, 2.05) is 0 Å². The van der Waals surface area contributed by atoms with Gasteiger partial charge in [0, 0.05) is 0 Å². The van der Waals surface area contributed by atoms with Gasteiger partial charge in [-0.15, -0.1) is 0 Å². The average Bonchev–Trinajstić information content (AvgIpc) is 2.33. The highest BCUT2D eigenvalue weighted by Crippen LogP contribution is 2.23. The molecule has 0 aromatic heterocycles. The minimum atomic E-state index is -1.42. The summed E-state index contributed by atoms with van der Waals surface area (Å²) in [5, 5.41) is 8.76. The molecule has 1 N–H and O–H groups in total. The van der Waals surface area contributed by atoms with Crippen LogP contribution >= 0.6 is 0 Å². The predicted molar refractivity (Wildman–Crippen MR) is 58.7 cm³/mol. The molecule has 5 heteroatoms. The highest BCUT2D eigenvalue weighted by Gasteiger charge is 2.12. The van der Waals surface area contributed by atoms with E-state index in [0.717, 1.165) is 24.3 Å². The van der Waals surface area contributed by atoms with E-state index >= 15 is 0 Å². The Hall–Kier alpha value is -2.30. The van der Waals surface area contributed by atoms with E-state index in [4.69, 9.17) is 5.11 Å². The fourth-order valence-electron chi connectivity index (χ4n) is 1.54. The highest BCUT2D eigenvalue weighted by atomic mass is 19.2. The van der Waals surface area contributed by atoms with E-state index in [2.05, 4.69) is 0 Å². The van der Waals surface area contributed by atoms with Crippen LogP contribution in [0.5, 0.6) is 0 Å². The van der Waals surface area contributed by atoms with Crippen LogP contribution < -0.4 is 0 Å². The van der Waals surface area contributed by atoms with Crippen molar-refractivity contribution in [2.24, 2.45) is 0 Å². The van der Waals surface area contributed by atoms with Crippen LogP contribution in [0.2, 0.25) is 0 Å². The van der Waals surface area contributed by atoms with Gasteiger partial charge in [0.05, 0.1) is 5.56 Å². The van der Waals surface area contributed by atoms with Gasteiger partial charge < -0.3 is 5.11 Å². The molecule has 0 spiro atoms. The Kier molecular flexibility index (Phi) is 3.06. The number of carboxylic acids is 1. The molecule has 0 aliphatic rings. The largest absolute Gasteiger partial charge is 0.478 e. The van der Waals surface area contributed by atoms with Gasteiger partial charge >= 0.3 is 5.97 Å². The molecule has 92 valence electrons. The minimum absolute atomic E-state index is 0.274. The Bertz CT molecular complexity index is 624. The number of halogens is 3. The molecule has 2 rings (SSSR count). The molecule has 2 nitrogen and oxygen atoms in total. The van der Waals surface area contributed by atoms with Gasteiger partial charge in [-0.25, -0.2) is 18.0 Å². The van der Waals surface area contributed by atoms with Crippen LogP contribution in [-0.4, -0.2) is 11.1 Å². The van der Waals surface area contributed by atoms with Crippen LogP contribution in [0.3, 0.4) is 0 Å². The zero-order chi connectivity index (χ0) is 13.3. The lowest BCUT2D eigenvalue weighted by Crippen LogP contribution is -2.00. The molecule has 0 aliphatic heterocycles. The smallest absolute Gasteiger partial charge is 0.338 e. The molecule has 0 atom stereocenters. The molecule has 0 fully saturated rings. The van der Waals surface area contributed by atoms with Crippen molar-refractivity contribution in [2.45, 2.75) is 0 Å². The zero-order valence-electron chi connectivity index (χ0n) is 8.95. The first-order valence-electron chi connectivity index (χ1n) is 4.97. The fraction of sp³-hybridized carbons (Fsp3) is 0. The predicted octanol–water partition coefficient (Wildman–Crippen LogP) is 3.47. The lowest BCUT2D eigenvalue weighted by atomic mass is 10.0. The highest BCUT2D eigenvalue weighted by molar-refractivity contribution is 5.89. The lowest BCUT2D eigenvalue weighted by Gasteiger charge is -2.04. The van der Waals surface area contributed by atoms with Gasteiger partial charge in [0.2, 0.25) is 0 Å². The Morgan fingerprint density at radius 2 is 1.39 bits per heavy atom. The summed E-state index contributed by atoms with van der Waals surface area (Å²) in [5.74, 6) is -4.35. The summed E-state index contributed by atoms with van der Waals surface area (Å²) in [6.07, 6.45) is 0. The Balaban J connectivity index is 2.54. The SMILES string of the molecule is O=C(O)c1cc(-c2ccc(F)c(F)c2)ccc1F. The van der Waals surface area contributed by atoms with Crippen molar-refractivity contribution in [2.75, 3.05) is 0 Å². The van der Waals surface area contributed by atoms with Gasteiger partial charge in [0.1, 0.15) is 5.82 Å². The molecule has 18 heavy (non-hydrogen) atoms. The second-order valence-electron chi connectivity index (χ2n) is 3.63. The topological polar surface area (TPSA) is 37.3 Å². The number of hydrogen-bond donors (Lipinski definition) is 1. The van der Waals surface area contributed by atoms with E-state index in [-0.39, 0.29) is 5.56 Å². The second kappa shape index (κ2) is 4.52. The van der Waals surface area contributed by atoms with Crippen LogP contribution in [0, 0.1) is 17.5 Å². The second-order valence-corrected chi connectivity index (χ2v) is 3.63. The Labute approximate surface area is 100 Å². The number of carboxylic acid groups (broad SMARTS) is 1. The standard InChI is InChI=1S/C13H7F3O2/c14-10-3-1-7(5-9(10)13(17)18)8-2-4-11(15)12(16)6-8/h1-6H,(H,17,18). The summed E-state index contributed by atoms with van der Waals surface area (Å²) in [7, 11) is 0. The number of rotatable bonds is 2. The zero-order valence-corrected chi connectivity index (χ0v) is 8.95. The molecule has 0 radical (unpaired) electrons. The van der Waals surface area contributed by atoms with E-state index < -0.39 is 29.0 Å². The van der Waals surface area contributed by atoms with Gasteiger partial charge in [-0.1, -0.05) is 12.1 Å². The first-order chi connectivity index (χ1) is 8.49. The summed E-state index contributed by atoms with van der Waals surface area (Å²) >= 11 is 0. The summed E-state index contributed by atoms with van der Waals surface area (Å²) in [4.78, 5) is 10.8. The van der Waals surface area contributed by atoms with Crippen molar-refractivity contribution in [1.82, 2.24) is 0 Å². The van der Waals surface area contributed by atoms with Gasteiger partial charge in [-0.05, 0) is 35.4 Å². The molecular weight excluding hydrogens is 245 g/mol. The van der Waals surface area contributed by atoms with Crippen molar-refractivity contribution in [3.8, 4) is 11.1 Å². The monoisotopic (exact) mass is 252 g/mol. The average molecular weight is 252 g/mol. The summed E-state index contributed by atoms with van der Waals surface area (Å²) in [5.41, 5.74) is 0.0568. The summed E-state index contributed by atoms with van der Waals surface area (Å²) < 4.78 is 39.0. The van der Waals surface area contributed by atoms with Crippen LogP contribution in [0.25, 0.3) is 11.1 Å². The quantitative estimate of drug-likeness (QED) is 0.888. The maximum atomic E-state index is 13.2. The molecule has 0 bridgehead atoms. The number of benzene rings is 2. The molecule has 0 aliphatic carbocycles. The van der Waals surface area contributed by atoms with Crippen LogP contribution in [0.4, 0.5) is 13.2 Å². The fourth-order valence-corrected chi connectivity index (χ4v) is 1.54. The minimum Gasteiger partial charge on any atom is -0.478 e. The summed E-state index contributed by atoms with van der Waals surface area (Å²) in [6, 6.07) is 6.48. The number of hydrogen-bond acceptors (Lipinski definition) is 1. The van der Waals surface area contributed by atoms with E-state index in [9.17, 15) is 18.0 Å². The third-order valence-corrected chi connectivity index (χ3v) is 2.45. The van der Waals surface area contributed by atoms with Crippen molar-refractivity contribution in [1.29, 1.82) is 0 Å². The molecule has 0 saturated heterocycles. The van der Waals surface area contributed by atoms with Crippen molar-refractivity contribution < 1.29 is 23.1 Å². The number of aromatic carboxylic acids is 1. The molecule has 0 amide bonds. The van der Waals surface area contributed by atoms with Gasteiger partial charge in [0.15, 0.2) is 11.6 Å². The first kappa shape index (κ1) is 12.2. The van der Waals surface area contributed by atoms with Crippen LogP contribution in [0.15, 0.2) is 36.4 Å². The Morgan fingerprint density at radius 1 is 0.833 bits per heavy atom.